The summed E-state index contributed by atoms with van der Waals surface area (Å²) in [5.74, 6) is 0. The second kappa shape index (κ2) is 5.49. The zero-order valence-corrected chi connectivity index (χ0v) is 11.9. The van der Waals surface area contributed by atoms with Crippen LogP contribution in [-0.2, 0) is 16.1 Å². The van der Waals surface area contributed by atoms with Crippen molar-refractivity contribution in [1.29, 1.82) is 0 Å². The van der Waals surface area contributed by atoms with Crippen LogP contribution in [0.2, 0.25) is 0 Å². The molecule has 0 amide bonds. The van der Waals surface area contributed by atoms with Crippen molar-refractivity contribution in [2.24, 2.45) is 0 Å². The Morgan fingerprint density at radius 2 is 2.15 bits per heavy atom. The summed E-state index contributed by atoms with van der Waals surface area (Å²) in [5.41, 5.74) is 9.18. The molecule has 0 radical (unpaired) electrons. The zero-order valence-electron chi connectivity index (χ0n) is 11.1. The SMILES string of the molecule is Cc1nc(C2OCCO2)sc1-c1ccc(CO)c(N)c1. The lowest BCUT2D eigenvalue weighted by molar-refractivity contribution is -0.0442. The fourth-order valence-electron chi connectivity index (χ4n) is 2.17. The third-order valence-corrected chi connectivity index (χ3v) is 4.44. The number of hydrogen-bond donors (Lipinski definition) is 2. The average molecular weight is 292 g/mol. The van der Waals surface area contributed by atoms with Gasteiger partial charge < -0.3 is 20.3 Å². The van der Waals surface area contributed by atoms with Crippen LogP contribution in [0.1, 0.15) is 22.6 Å². The van der Waals surface area contributed by atoms with Crippen molar-refractivity contribution >= 4 is 17.0 Å². The van der Waals surface area contributed by atoms with Gasteiger partial charge in [0, 0.05) is 11.3 Å². The first-order valence-electron chi connectivity index (χ1n) is 6.39. The molecule has 2 aromatic rings. The van der Waals surface area contributed by atoms with E-state index in [0.29, 0.717) is 18.9 Å². The largest absolute Gasteiger partial charge is 0.398 e. The van der Waals surface area contributed by atoms with Gasteiger partial charge in [-0.3, -0.25) is 0 Å². The van der Waals surface area contributed by atoms with Crippen LogP contribution in [0, 0.1) is 6.92 Å². The van der Waals surface area contributed by atoms with Crippen LogP contribution in [0.15, 0.2) is 18.2 Å². The number of aryl methyl sites for hydroxylation is 1. The summed E-state index contributed by atoms with van der Waals surface area (Å²) in [7, 11) is 0. The van der Waals surface area contributed by atoms with Gasteiger partial charge in [0.2, 0.25) is 6.29 Å². The second-order valence-electron chi connectivity index (χ2n) is 4.61. The number of aliphatic hydroxyl groups excluding tert-OH is 1. The van der Waals surface area contributed by atoms with E-state index in [0.717, 1.165) is 26.7 Å². The van der Waals surface area contributed by atoms with Crippen molar-refractivity contribution in [2.45, 2.75) is 19.8 Å². The van der Waals surface area contributed by atoms with Crippen LogP contribution in [0.5, 0.6) is 0 Å². The van der Waals surface area contributed by atoms with E-state index in [4.69, 9.17) is 20.3 Å². The molecule has 2 heterocycles. The Morgan fingerprint density at radius 1 is 1.40 bits per heavy atom. The van der Waals surface area contributed by atoms with E-state index in [1.807, 2.05) is 25.1 Å². The van der Waals surface area contributed by atoms with E-state index in [2.05, 4.69) is 4.98 Å². The number of hydrogen-bond acceptors (Lipinski definition) is 6. The molecule has 3 rings (SSSR count). The number of nitrogens with zero attached hydrogens (tertiary/aromatic N) is 1. The third-order valence-electron chi connectivity index (χ3n) is 3.21. The van der Waals surface area contributed by atoms with E-state index in [9.17, 15) is 0 Å². The Labute approximate surface area is 121 Å². The number of anilines is 1. The maximum atomic E-state index is 9.16. The topological polar surface area (TPSA) is 77.6 Å². The van der Waals surface area contributed by atoms with Gasteiger partial charge in [0.15, 0.2) is 0 Å². The van der Waals surface area contributed by atoms with Gasteiger partial charge in [0.1, 0.15) is 5.01 Å². The molecule has 106 valence electrons. The van der Waals surface area contributed by atoms with Gasteiger partial charge in [-0.15, -0.1) is 11.3 Å². The van der Waals surface area contributed by atoms with Crippen LogP contribution >= 0.6 is 11.3 Å². The first-order chi connectivity index (χ1) is 9.69. The molecule has 6 heteroatoms. The number of benzene rings is 1. The van der Waals surface area contributed by atoms with Gasteiger partial charge >= 0.3 is 0 Å². The van der Waals surface area contributed by atoms with Crippen molar-refractivity contribution < 1.29 is 14.6 Å². The monoisotopic (exact) mass is 292 g/mol. The Hall–Kier alpha value is -1.47. The fourth-order valence-corrected chi connectivity index (χ4v) is 3.23. The standard InChI is InChI=1S/C14H16N2O3S/c1-8-12(9-2-3-10(7-17)11(15)6-9)20-13(16-8)14-18-4-5-19-14/h2-3,6,14,17H,4-5,7,15H2,1H3. The van der Waals surface area contributed by atoms with Crippen LogP contribution in [0.4, 0.5) is 5.69 Å². The van der Waals surface area contributed by atoms with Crippen molar-refractivity contribution in [2.75, 3.05) is 18.9 Å². The summed E-state index contributed by atoms with van der Waals surface area (Å²) in [6.45, 7) is 3.12. The molecule has 0 bridgehead atoms. The van der Waals surface area contributed by atoms with E-state index in [1.54, 1.807) is 11.3 Å². The van der Waals surface area contributed by atoms with Gasteiger partial charge in [-0.05, 0) is 18.6 Å². The van der Waals surface area contributed by atoms with E-state index < -0.39 is 0 Å². The molecule has 0 spiro atoms. The Balaban J connectivity index is 1.95. The third kappa shape index (κ3) is 2.43. The molecule has 0 atom stereocenters. The van der Waals surface area contributed by atoms with Gasteiger partial charge in [-0.25, -0.2) is 4.98 Å². The summed E-state index contributed by atoms with van der Waals surface area (Å²) in [4.78, 5) is 5.57. The van der Waals surface area contributed by atoms with Gasteiger partial charge in [-0.2, -0.15) is 0 Å². The Kier molecular flexibility index (Phi) is 3.71. The first kappa shape index (κ1) is 13.5. The van der Waals surface area contributed by atoms with E-state index >= 15 is 0 Å². The molecule has 1 fully saturated rings. The summed E-state index contributed by atoms with van der Waals surface area (Å²) >= 11 is 1.55. The average Bonchev–Trinajstić information content (AvgIpc) is 3.07. The van der Waals surface area contributed by atoms with Crippen LogP contribution < -0.4 is 5.73 Å². The zero-order chi connectivity index (χ0) is 14.1. The molecule has 1 aliphatic rings. The number of ether oxygens (including phenoxy) is 2. The van der Waals surface area contributed by atoms with Crippen molar-refractivity contribution in [3.8, 4) is 10.4 Å². The van der Waals surface area contributed by atoms with Crippen molar-refractivity contribution in [1.82, 2.24) is 4.98 Å². The number of aromatic nitrogens is 1. The van der Waals surface area contributed by atoms with Crippen molar-refractivity contribution in [3.63, 3.8) is 0 Å². The van der Waals surface area contributed by atoms with Crippen LogP contribution in [0.25, 0.3) is 10.4 Å². The van der Waals surface area contributed by atoms with Gasteiger partial charge in [0.25, 0.3) is 0 Å². The maximum Gasteiger partial charge on any atom is 0.211 e. The molecule has 1 aromatic heterocycles. The minimum Gasteiger partial charge on any atom is -0.398 e. The minimum absolute atomic E-state index is 0.0528. The molecular formula is C14H16N2O3S. The Bertz CT molecular complexity index is 621. The number of nitrogen functional groups attached to an aromatic ring is 1. The lowest BCUT2D eigenvalue weighted by Gasteiger charge is -2.05. The van der Waals surface area contributed by atoms with Crippen LogP contribution in [0.3, 0.4) is 0 Å². The summed E-state index contributed by atoms with van der Waals surface area (Å²) in [5, 5.41) is 9.99. The fraction of sp³-hybridized carbons (Fsp3) is 0.357. The highest BCUT2D eigenvalue weighted by atomic mass is 32.1. The maximum absolute atomic E-state index is 9.16. The summed E-state index contributed by atoms with van der Waals surface area (Å²) in [6, 6.07) is 5.65. The predicted octanol–water partition coefficient (Wildman–Crippen LogP) is 2.24. The number of thiazole rings is 1. The molecule has 20 heavy (non-hydrogen) atoms. The molecule has 0 saturated carbocycles. The quantitative estimate of drug-likeness (QED) is 0.848. The highest BCUT2D eigenvalue weighted by molar-refractivity contribution is 7.15. The number of aliphatic hydroxyl groups is 1. The second-order valence-corrected chi connectivity index (χ2v) is 5.64. The molecule has 0 unspecified atom stereocenters. The smallest absolute Gasteiger partial charge is 0.211 e. The lowest BCUT2D eigenvalue weighted by atomic mass is 10.1. The van der Waals surface area contributed by atoms with E-state index in [1.165, 1.54) is 0 Å². The van der Waals surface area contributed by atoms with Crippen LogP contribution in [-0.4, -0.2) is 23.3 Å². The molecule has 1 aromatic carbocycles. The minimum atomic E-state index is -0.346. The molecule has 1 aliphatic heterocycles. The molecule has 3 N–H and O–H groups in total. The highest BCUT2D eigenvalue weighted by Crippen LogP contribution is 2.36. The highest BCUT2D eigenvalue weighted by Gasteiger charge is 2.23. The van der Waals surface area contributed by atoms with Gasteiger partial charge in [-0.1, -0.05) is 12.1 Å². The molecule has 5 nitrogen and oxygen atoms in total. The lowest BCUT2D eigenvalue weighted by Crippen LogP contribution is -1.96. The summed E-state index contributed by atoms with van der Waals surface area (Å²) in [6.07, 6.45) is -0.346. The number of nitrogens with two attached hydrogens (primary N) is 1. The van der Waals surface area contributed by atoms with E-state index in [-0.39, 0.29) is 12.9 Å². The predicted molar refractivity (Wildman–Crippen MR) is 77.3 cm³/mol. The summed E-state index contributed by atoms with van der Waals surface area (Å²) < 4.78 is 10.9. The van der Waals surface area contributed by atoms with Gasteiger partial charge in [0.05, 0.1) is 30.4 Å². The Morgan fingerprint density at radius 3 is 2.80 bits per heavy atom. The molecule has 0 aliphatic carbocycles. The first-order valence-corrected chi connectivity index (χ1v) is 7.21. The number of rotatable bonds is 3. The normalized spacial score (nSPS) is 15.9. The molecular weight excluding hydrogens is 276 g/mol. The van der Waals surface area contributed by atoms with Crippen molar-refractivity contribution in [3.05, 3.63) is 34.5 Å². The molecule has 1 saturated heterocycles.